The van der Waals surface area contributed by atoms with Crippen LogP contribution in [-0.4, -0.2) is 35.9 Å². The van der Waals surface area contributed by atoms with Crippen molar-refractivity contribution in [2.45, 2.75) is 50.5 Å². The molecule has 1 N–H and O–H groups in total. The van der Waals surface area contributed by atoms with Crippen LogP contribution in [0.15, 0.2) is 4.52 Å². The van der Waals surface area contributed by atoms with E-state index in [2.05, 4.69) is 15.5 Å². The first kappa shape index (κ1) is 12.1. The molecule has 2 aliphatic heterocycles. The fraction of sp³-hybridized carbons (Fsp3) is 0.846. The summed E-state index contributed by atoms with van der Waals surface area (Å²) >= 11 is 0. The molecular weight excluding hydrogens is 230 g/mol. The van der Waals surface area contributed by atoms with E-state index in [1.807, 2.05) is 0 Å². The van der Waals surface area contributed by atoms with Crippen LogP contribution in [0.5, 0.6) is 0 Å². The molecule has 0 aliphatic carbocycles. The number of nitrogens with zero attached hydrogens (tertiary/aromatic N) is 2. The second kappa shape index (κ2) is 5.80. The van der Waals surface area contributed by atoms with Gasteiger partial charge in [0.25, 0.3) is 0 Å². The monoisotopic (exact) mass is 251 g/mol. The molecule has 5 nitrogen and oxygen atoms in total. The molecule has 2 saturated heterocycles. The lowest BCUT2D eigenvalue weighted by atomic mass is 10.00. The predicted molar refractivity (Wildman–Crippen MR) is 66.4 cm³/mol. The fourth-order valence-electron chi connectivity index (χ4n) is 2.75. The quantitative estimate of drug-likeness (QED) is 0.885. The molecule has 2 fully saturated rings. The molecule has 1 aromatic heterocycles. The zero-order chi connectivity index (χ0) is 12.2. The summed E-state index contributed by atoms with van der Waals surface area (Å²) in [6.45, 7) is 2.94. The van der Waals surface area contributed by atoms with Crippen molar-refractivity contribution >= 4 is 0 Å². The van der Waals surface area contributed by atoms with Crippen LogP contribution in [0.25, 0.3) is 0 Å². The molecule has 0 amide bonds. The molecule has 0 spiro atoms. The van der Waals surface area contributed by atoms with Crippen molar-refractivity contribution in [2.24, 2.45) is 0 Å². The van der Waals surface area contributed by atoms with Gasteiger partial charge < -0.3 is 14.6 Å². The topological polar surface area (TPSA) is 60.2 Å². The molecule has 100 valence electrons. The summed E-state index contributed by atoms with van der Waals surface area (Å²) in [5.74, 6) is 2.00. The summed E-state index contributed by atoms with van der Waals surface area (Å²) in [6, 6.07) is 0. The molecule has 2 atom stereocenters. The minimum atomic E-state index is 0.286. The van der Waals surface area contributed by atoms with Crippen molar-refractivity contribution in [1.82, 2.24) is 15.5 Å². The highest BCUT2D eigenvalue weighted by Gasteiger charge is 2.23. The average molecular weight is 251 g/mol. The Kier molecular flexibility index (Phi) is 3.90. The van der Waals surface area contributed by atoms with E-state index >= 15 is 0 Å². The first-order valence-corrected chi connectivity index (χ1v) is 7.06. The molecule has 5 heteroatoms. The van der Waals surface area contributed by atoms with Crippen molar-refractivity contribution in [3.63, 3.8) is 0 Å². The van der Waals surface area contributed by atoms with Gasteiger partial charge in [-0.25, -0.2) is 0 Å². The Hall–Kier alpha value is -0.940. The summed E-state index contributed by atoms with van der Waals surface area (Å²) in [5, 5.41) is 7.46. The summed E-state index contributed by atoms with van der Waals surface area (Å²) < 4.78 is 11.1. The standard InChI is InChI=1S/C13H21N3O2/c1-2-7-17-11(5-1)8-12-15-13(18-16-12)10-4-3-6-14-9-10/h10-11,14H,1-9H2/t10-,11?/m1/s1. The van der Waals surface area contributed by atoms with Crippen molar-refractivity contribution < 1.29 is 9.26 Å². The first-order valence-electron chi connectivity index (χ1n) is 7.06. The van der Waals surface area contributed by atoms with Gasteiger partial charge in [0.1, 0.15) is 0 Å². The maximum Gasteiger partial charge on any atom is 0.231 e. The number of rotatable bonds is 3. The lowest BCUT2D eigenvalue weighted by molar-refractivity contribution is 0.0153. The summed E-state index contributed by atoms with van der Waals surface area (Å²) in [7, 11) is 0. The maximum atomic E-state index is 5.70. The zero-order valence-corrected chi connectivity index (χ0v) is 10.7. The van der Waals surface area contributed by atoms with Gasteiger partial charge in [-0.1, -0.05) is 5.16 Å². The Morgan fingerprint density at radius 1 is 1.22 bits per heavy atom. The second-order valence-corrected chi connectivity index (χ2v) is 5.28. The van der Waals surface area contributed by atoms with Gasteiger partial charge in [-0.3, -0.25) is 0 Å². The Labute approximate surface area is 107 Å². The van der Waals surface area contributed by atoms with Crippen LogP contribution in [-0.2, 0) is 11.2 Å². The molecular formula is C13H21N3O2. The van der Waals surface area contributed by atoms with E-state index in [9.17, 15) is 0 Å². The Bertz CT molecular complexity index is 368. The van der Waals surface area contributed by atoms with Gasteiger partial charge in [-0.05, 0) is 38.6 Å². The van der Waals surface area contributed by atoms with Gasteiger partial charge in [-0.2, -0.15) is 4.98 Å². The molecule has 1 aromatic rings. The highest BCUT2D eigenvalue weighted by atomic mass is 16.5. The predicted octanol–water partition coefficient (Wildman–Crippen LogP) is 1.65. The highest BCUT2D eigenvalue weighted by Crippen LogP contribution is 2.22. The number of nitrogens with one attached hydrogen (secondary N) is 1. The number of aromatic nitrogens is 2. The second-order valence-electron chi connectivity index (χ2n) is 5.28. The summed E-state index contributed by atoms with van der Waals surface area (Å²) in [6.07, 6.45) is 6.97. The van der Waals surface area contributed by atoms with Gasteiger partial charge in [0.2, 0.25) is 5.89 Å². The zero-order valence-electron chi connectivity index (χ0n) is 10.7. The minimum Gasteiger partial charge on any atom is -0.378 e. The van der Waals surface area contributed by atoms with Crippen LogP contribution in [0.4, 0.5) is 0 Å². The molecule has 2 aliphatic rings. The number of ether oxygens (including phenoxy) is 1. The third-order valence-electron chi connectivity index (χ3n) is 3.81. The summed E-state index contributed by atoms with van der Waals surface area (Å²) in [5.41, 5.74) is 0. The first-order chi connectivity index (χ1) is 8.92. The molecule has 0 aromatic carbocycles. The lowest BCUT2D eigenvalue weighted by Gasteiger charge is -2.21. The molecule has 0 saturated carbocycles. The van der Waals surface area contributed by atoms with Crippen LogP contribution in [0, 0.1) is 0 Å². The van der Waals surface area contributed by atoms with Crippen molar-refractivity contribution in [3.05, 3.63) is 11.7 Å². The number of hydrogen-bond acceptors (Lipinski definition) is 5. The van der Waals surface area contributed by atoms with E-state index in [1.54, 1.807) is 0 Å². The van der Waals surface area contributed by atoms with E-state index in [1.165, 1.54) is 19.3 Å². The van der Waals surface area contributed by atoms with Crippen LogP contribution >= 0.6 is 0 Å². The van der Waals surface area contributed by atoms with E-state index in [0.717, 1.165) is 50.7 Å². The SMILES string of the molecule is C1CCC(Cc2noc([C@@H]3CCCNC3)n2)OC1. The Morgan fingerprint density at radius 3 is 3.00 bits per heavy atom. The van der Waals surface area contributed by atoms with E-state index in [0.29, 0.717) is 5.92 Å². The molecule has 18 heavy (non-hydrogen) atoms. The van der Waals surface area contributed by atoms with Gasteiger partial charge in [0, 0.05) is 19.6 Å². The van der Waals surface area contributed by atoms with Crippen LogP contribution in [0.2, 0.25) is 0 Å². The molecule has 0 bridgehead atoms. The van der Waals surface area contributed by atoms with Crippen LogP contribution in [0.1, 0.15) is 49.7 Å². The highest BCUT2D eigenvalue weighted by molar-refractivity contribution is 4.97. The summed E-state index contributed by atoms with van der Waals surface area (Å²) in [4.78, 5) is 4.53. The maximum absolute atomic E-state index is 5.70. The van der Waals surface area contributed by atoms with Gasteiger partial charge >= 0.3 is 0 Å². The van der Waals surface area contributed by atoms with Gasteiger partial charge in [0.15, 0.2) is 5.82 Å². The molecule has 3 heterocycles. The number of hydrogen-bond donors (Lipinski definition) is 1. The lowest BCUT2D eigenvalue weighted by Crippen LogP contribution is -2.28. The Balaban J connectivity index is 1.58. The minimum absolute atomic E-state index is 0.286. The molecule has 3 rings (SSSR count). The average Bonchev–Trinajstić information content (AvgIpc) is 2.89. The largest absolute Gasteiger partial charge is 0.378 e. The van der Waals surface area contributed by atoms with E-state index < -0.39 is 0 Å². The van der Waals surface area contributed by atoms with Gasteiger partial charge in [0.05, 0.1) is 12.0 Å². The molecule has 0 radical (unpaired) electrons. The van der Waals surface area contributed by atoms with Crippen LogP contribution in [0.3, 0.4) is 0 Å². The van der Waals surface area contributed by atoms with Crippen LogP contribution < -0.4 is 5.32 Å². The van der Waals surface area contributed by atoms with Crippen molar-refractivity contribution in [3.8, 4) is 0 Å². The Morgan fingerprint density at radius 2 is 2.22 bits per heavy atom. The smallest absolute Gasteiger partial charge is 0.231 e. The normalized spacial score (nSPS) is 29.3. The van der Waals surface area contributed by atoms with Gasteiger partial charge in [-0.15, -0.1) is 0 Å². The third-order valence-corrected chi connectivity index (χ3v) is 3.81. The van der Waals surface area contributed by atoms with Crippen molar-refractivity contribution in [2.75, 3.05) is 19.7 Å². The molecule has 1 unspecified atom stereocenters. The fourth-order valence-corrected chi connectivity index (χ4v) is 2.75. The third kappa shape index (κ3) is 2.90. The van der Waals surface area contributed by atoms with E-state index in [4.69, 9.17) is 9.26 Å². The van der Waals surface area contributed by atoms with Crippen molar-refractivity contribution in [1.29, 1.82) is 0 Å². The van der Waals surface area contributed by atoms with E-state index in [-0.39, 0.29) is 6.10 Å². The number of piperidine rings is 1.